The highest BCUT2D eigenvalue weighted by Gasteiger charge is 2.26. The Labute approximate surface area is 166 Å². The monoisotopic (exact) mass is 425 g/mol. The molecule has 1 aliphatic rings. The molecular formula is C20H20BrN5O. The van der Waals surface area contributed by atoms with E-state index < -0.39 is 0 Å². The van der Waals surface area contributed by atoms with Gasteiger partial charge in [0.1, 0.15) is 5.52 Å². The minimum Gasteiger partial charge on any atom is -0.369 e. The lowest BCUT2D eigenvalue weighted by atomic mass is 9.96. The van der Waals surface area contributed by atoms with Gasteiger partial charge in [0.25, 0.3) is 0 Å². The summed E-state index contributed by atoms with van der Waals surface area (Å²) in [7, 11) is 0. The van der Waals surface area contributed by atoms with Crippen molar-refractivity contribution < 1.29 is 4.79 Å². The van der Waals surface area contributed by atoms with Crippen molar-refractivity contribution in [3.05, 3.63) is 59.0 Å². The van der Waals surface area contributed by atoms with Gasteiger partial charge in [-0.2, -0.15) is 0 Å². The van der Waals surface area contributed by atoms with Crippen molar-refractivity contribution in [2.24, 2.45) is 5.92 Å². The molecule has 1 fully saturated rings. The van der Waals surface area contributed by atoms with E-state index in [2.05, 4.69) is 41.1 Å². The summed E-state index contributed by atoms with van der Waals surface area (Å²) in [5.41, 5.74) is 3.48. The summed E-state index contributed by atoms with van der Waals surface area (Å²) >= 11 is 3.52. The first kappa shape index (κ1) is 17.9. The maximum Gasteiger partial charge on any atom is 0.225 e. The number of carbonyl (C=O) groups is 1. The minimum absolute atomic E-state index is 0.0289. The molecule has 1 aliphatic heterocycles. The molecule has 1 N–H and O–H groups in total. The first-order chi connectivity index (χ1) is 13.2. The largest absolute Gasteiger partial charge is 0.369 e. The highest BCUT2D eigenvalue weighted by atomic mass is 79.9. The van der Waals surface area contributed by atoms with Crippen LogP contribution in [0, 0.1) is 5.92 Å². The summed E-state index contributed by atoms with van der Waals surface area (Å²) in [6, 6.07) is 9.94. The molecule has 7 heteroatoms. The van der Waals surface area contributed by atoms with E-state index in [0.29, 0.717) is 18.7 Å². The smallest absolute Gasteiger partial charge is 0.225 e. The normalized spacial score (nSPS) is 17.1. The molecule has 1 saturated heterocycles. The number of nitrogens with one attached hydrogen (secondary N) is 1. The second-order valence-corrected chi connectivity index (χ2v) is 7.54. The molecule has 3 heterocycles. The van der Waals surface area contributed by atoms with Crippen LogP contribution in [-0.2, 0) is 11.3 Å². The van der Waals surface area contributed by atoms with Crippen LogP contribution in [0.25, 0.3) is 11.2 Å². The lowest BCUT2D eigenvalue weighted by molar-refractivity contribution is -0.125. The second kappa shape index (κ2) is 8.00. The SMILES string of the molecule is O=C(NCc1ccccc1Br)[C@H]1CCCN(c2cnc3nccnc3c2)C1. The number of anilines is 1. The number of fused-ring (bicyclic) bond motifs is 1. The van der Waals surface area contributed by atoms with Gasteiger partial charge in [0, 0.05) is 36.5 Å². The summed E-state index contributed by atoms with van der Waals surface area (Å²) in [6.45, 7) is 2.14. The molecule has 0 aliphatic carbocycles. The standard InChI is InChI=1S/C20H20BrN5O/c21-17-6-2-1-4-14(17)11-25-20(27)15-5-3-9-26(13-15)16-10-18-19(24-12-16)23-8-7-22-18/h1-2,4,6-8,10,12,15H,3,5,9,11,13H2,(H,25,27)/t15-/m0/s1. The Morgan fingerprint density at radius 1 is 1.22 bits per heavy atom. The summed E-state index contributed by atoms with van der Waals surface area (Å²) in [5, 5.41) is 3.08. The average molecular weight is 426 g/mol. The fourth-order valence-electron chi connectivity index (χ4n) is 3.41. The fraction of sp³-hybridized carbons (Fsp3) is 0.300. The number of piperidine rings is 1. The predicted molar refractivity (Wildman–Crippen MR) is 108 cm³/mol. The van der Waals surface area contributed by atoms with E-state index in [1.807, 2.05) is 36.5 Å². The van der Waals surface area contributed by atoms with Gasteiger partial charge in [0.05, 0.1) is 17.8 Å². The first-order valence-electron chi connectivity index (χ1n) is 9.03. The van der Waals surface area contributed by atoms with E-state index in [9.17, 15) is 4.79 Å². The number of carbonyl (C=O) groups excluding carboxylic acids is 1. The van der Waals surface area contributed by atoms with Crippen LogP contribution >= 0.6 is 15.9 Å². The Balaban J connectivity index is 1.42. The molecule has 0 saturated carbocycles. The van der Waals surface area contributed by atoms with Crippen molar-refractivity contribution in [2.75, 3.05) is 18.0 Å². The quantitative estimate of drug-likeness (QED) is 0.693. The van der Waals surface area contributed by atoms with Crippen LogP contribution in [0.5, 0.6) is 0 Å². The van der Waals surface area contributed by atoms with E-state index >= 15 is 0 Å². The van der Waals surface area contributed by atoms with Crippen molar-refractivity contribution in [1.29, 1.82) is 0 Å². The van der Waals surface area contributed by atoms with Gasteiger partial charge in [-0.3, -0.25) is 9.78 Å². The molecule has 1 atom stereocenters. The zero-order chi connectivity index (χ0) is 18.6. The molecule has 3 aromatic rings. The van der Waals surface area contributed by atoms with Gasteiger partial charge in [-0.1, -0.05) is 34.1 Å². The predicted octanol–water partition coefficient (Wildman–Crippen LogP) is 3.32. The van der Waals surface area contributed by atoms with Crippen molar-refractivity contribution in [2.45, 2.75) is 19.4 Å². The number of hydrogen-bond donors (Lipinski definition) is 1. The van der Waals surface area contributed by atoms with E-state index in [4.69, 9.17) is 0 Å². The van der Waals surface area contributed by atoms with E-state index in [1.165, 1.54) is 0 Å². The number of nitrogens with zero attached hydrogens (tertiary/aromatic N) is 4. The molecule has 0 spiro atoms. The molecule has 1 aromatic carbocycles. The topological polar surface area (TPSA) is 71.0 Å². The summed E-state index contributed by atoms with van der Waals surface area (Å²) in [5.74, 6) is 0.0720. The number of rotatable bonds is 4. The Morgan fingerprint density at radius 3 is 2.96 bits per heavy atom. The lowest BCUT2D eigenvalue weighted by Gasteiger charge is -2.33. The fourth-order valence-corrected chi connectivity index (χ4v) is 3.84. The van der Waals surface area contributed by atoms with Crippen LogP contribution in [0.15, 0.2) is 53.4 Å². The third kappa shape index (κ3) is 4.08. The summed E-state index contributed by atoms with van der Waals surface area (Å²) in [4.78, 5) is 27.8. The Kier molecular flexibility index (Phi) is 5.29. The van der Waals surface area contributed by atoms with Gasteiger partial charge in [0.15, 0.2) is 5.65 Å². The zero-order valence-electron chi connectivity index (χ0n) is 14.8. The molecule has 27 heavy (non-hydrogen) atoms. The van der Waals surface area contributed by atoms with Gasteiger partial charge >= 0.3 is 0 Å². The molecule has 1 amide bonds. The molecule has 2 aromatic heterocycles. The van der Waals surface area contributed by atoms with Crippen molar-refractivity contribution in [1.82, 2.24) is 20.3 Å². The van der Waals surface area contributed by atoms with Gasteiger partial charge in [-0.05, 0) is 30.5 Å². The highest BCUT2D eigenvalue weighted by molar-refractivity contribution is 9.10. The van der Waals surface area contributed by atoms with Gasteiger partial charge in [-0.15, -0.1) is 0 Å². The van der Waals surface area contributed by atoms with Crippen LogP contribution in [-0.4, -0.2) is 33.9 Å². The highest BCUT2D eigenvalue weighted by Crippen LogP contribution is 2.24. The number of amides is 1. The number of pyridine rings is 1. The molecule has 138 valence electrons. The third-order valence-corrected chi connectivity index (χ3v) is 5.65. The van der Waals surface area contributed by atoms with Crippen LogP contribution in [0.3, 0.4) is 0 Å². The Hall–Kier alpha value is -2.54. The zero-order valence-corrected chi connectivity index (χ0v) is 16.4. The van der Waals surface area contributed by atoms with Crippen molar-refractivity contribution in [3.63, 3.8) is 0 Å². The molecule has 4 rings (SSSR count). The van der Waals surface area contributed by atoms with Crippen LogP contribution in [0.4, 0.5) is 5.69 Å². The molecule has 0 radical (unpaired) electrons. The van der Waals surface area contributed by atoms with Crippen LogP contribution in [0.1, 0.15) is 18.4 Å². The summed E-state index contributed by atoms with van der Waals surface area (Å²) in [6.07, 6.45) is 7.01. The minimum atomic E-state index is -0.0289. The van der Waals surface area contributed by atoms with Crippen molar-refractivity contribution in [3.8, 4) is 0 Å². The second-order valence-electron chi connectivity index (χ2n) is 6.69. The van der Waals surface area contributed by atoms with Crippen LogP contribution < -0.4 is 10.2 Å². The lowest BCUT2D eigenvalue weighted by Crippen LogP contribution is -2.43. The maximum absolute atomic E-state index is 12.7. The first-order valence-corrected chi connectivity index (χ1v) is 9.83. The number of hydrogen-bond acceptors (Lipinski definition) is 5. The van der Waals surface area contributed by atoms with Gasteiger partial charge in [-0.25, -0.2) is 9.97 Å². The molecular weight excluding hydrogens is 406 g/mol. The van der Waals surface area contributed by atoms with E-state index in [1.54, 1.807) is 12.4 Å². The molecule has 0 bridgehead atoms. The number of aromatic nitrogens is 3. The van der Waals surface area contributed by atoms with E-state index in [-0.39, 0.29) is 11.8 Å². The Bertz CT molecular complexity index is 964. The van der Waals surface area contributed by atoms with Gasteiger partial charge in [0.2, 0.25) is 5.91 Å². The van der Waals surface area contributed by atoms with E-state index in [0.717, 1.165) is 40.6 Å². The molecule has 6 nitrogen and oxygen atoms in total. The van der Waals surface area contributed by atoms with Crippen molar-refractivity contribution >= 4 is 38.7 Å². The Morgan fingerprint density at radius 2 is 2.07 bits per heavy atom. The van der Waals surface area contributed by atoms with Gasteiger partial charge < -0.3 is 10.2 Å². The average Bonchev–Trinajstić information content (AvgIpc) is 2.72. The third-order valence-electron chi connectivity index (χ3n) is 4.88. The number of halogens is 1. The van der Waals surface area contributed by atoms with Crippen LogP contribution in [0.2, 0.25) is 0 Å². The maximum atomic E-state index is 12.7. The number of benzene rings is 1. The molecule has 0 unspecified atom stereocenters. The summed E-state index contributed by atoms with van der Waals surface area (Å²) < 4.78 is 1.01.